The summed E-state index contributed by atoms with van der Waals surface area (Å²) in [5.74, 6) is 0.580. The third kappa shape index (κ3) is 2.65. The number of carbonyl (C=O) groups is 1. The van der Waals surface area contributed by atoms with Crippen LogP contribution >= 0.6 is 11.6 Å². The van der Waals surface area contributed by atoms with E-state index in [0.717, 1.165) is 11.3 Å². The topological polar surface area (TPSA) is 51.5 Å². The van der Waals surface area contributed by atoms with Crippen LogP contribution in [0.2, 0.25) is 5.22 Å². The molecule has 1 heterocycles. The molecule has 0 spiro atoms. The van der Waals surface area contributed by atoms with Gasteiger partial charge in [-0.05, 0) is 54.4 Å². The van der Waals surface area contributed by atoms with Gasteiger partial charge in [0, 0.05) is 5.69 Å². The summed E-state index contributed by atoms with van der Waals surface area (Å²) in [6, 6.07) is 8.44. The lowest BCUT2D eigenvalue weighted by Gasteiger charge is -2.08. The fourth-order valence-corrected chi connectivity index (χ4v) is 1.67. The smallest absolute Gasteiger partial charge is 0.291 e. The lowest BCUT2D eigenvalue weighted by molar-refractivity contribution is 0.0996. The Labute approximate surface area is 110 Å². The Balaban J connectivity index is 2.16. The molecular formula is C13H12ClNO3. The Bertz CT molecular complexity index is 577. The van der Waals surface area contributed by atoms with Crippen LogP contribution in [0.4, 0.5) is 5.69 Å². The summed E-state index contributed by atoms with van der Waals surface area (Å²) in [7, 11) is 1.60. The first-order valence-corrected chi connectivity index (χ1v) is 5.69. The van der Waals surface area contributed by atoms with Crippen molar-refractivity contribution in [2.24, 2.45) is 0 Å². The number of hydrogen-bond donors (Lipinski definition) is 1. The van der Waals surface area contributed by atoms with E-state index >= 15 is 0 Å². The molecule has 2 rings (SSSR count). The second-order valence-corrected chi connectivity index (χ2v) is 4.11. The van der Waals surface area contributed by atoms with Gasteiger partial charge >= 0.3 is 0 Å². The van der Waals surface area contributed by atoms with E-state index in [1.807, 2.05) is 13.0 Å². The molecule has 94 valence electrons. The normalized spacial score (nSPS) is 10.2. The van der Waals surface area contributed by atoms with E-state index in [0.29, 0.717) is 5.69 Å². The number of benzene rings is 1. The Hall–Kier alpha value is -1.94. The molecule has 0 bridgehead atoms. The van der Waals surface area contributed by atoms with Crippen molar-refractivity contribution >= 4 is 23.2 Å². The number of anilines is 1. The number of carbonyl (C=O) groups excluding carboxylic acids is 1. The summed E-state index contributed by atoms with van der Waals surface area (Å²) < 4.78 is 10.1. The second-order valence-electron chi connectivity index (χ2n) is 3.74. The van der Waals surface area contributed by atoms with Gasteiger partial charge in [0.05, 0.1) is 7.11 Å². The number of aryl methyl sites for hydroxylation is 1. The van der Waals surface area contributed by atoms with Gasteiger partial charge < -0.3 is 14.5 Å². The molecule has 0 unspecified atom stereocenters. The largest absolute Gasteiger partial charge is 0.497 e. The van der Waals surface area contributed by atoms with Crippen molar-refractivity contribution in [2.75, 3.05) is 12.4 Å². The number of hydrogen-bond acceptors (Lipinski definition) is 3. The first-order valence-electron chi connectivity index (χ1n) is 5.31. The number of methoxy groups -OCH3 is 1. The van der Waals surface area contributed by atoms with Crippen molar-refractivity contribution in [3.05, 3.63) is 46.9 Å². The Kier molecular flexibility index (Phi) is 3.58. The predicted molar refractivity (Wildman–Crippen MR) is 69.4 cm³/mol. The van der Waals surface area contributed by atoms with Crippen molar-refractivity contribution in [2.45, 2.75) is 6.92 Å². The SMILES string of the molecule is COc1ccc(NC(=O)c2ccc(Cl)o2)c(C)c1. The van der Waals surface area contributed by atoms with Crippen LogP contribution in [0.3, 0.4) is 0 Å². The van der Waals surface area contributed by atoms with Crippen LogP contribution in [0.25, 0.3) is 0 Å². The third-order valence-corrected chi connectivity index (χ3v) is 2.68. The molecule has 1 aromatic heterocycles. The lowest BCUT2D eigenvalue weighted by Crippen LogP contribution is -2.11. The van der Waals surface area contributed by atoms with Crippen LogP contribution in [-0.4, -0.2) is 13.0 Å². The monoisotopic (exact) mass is 265 g/mol. The highest BCUT2D eigenvalue weighted by atomic mass is 35.5. The van der Waals surface area contributed by atoms with Gasteiger partial charge in [-0.15, -0.1) is 0 Å². The standard InChI is InChI=1S/C13H12ClNO3/c1-8-7-9(17-2)3-4-10(8)15-13(16)11-5-6-12(14)18-11/h3-7H,1-2H3,(H,15,16). The zero-order chi connectivity index (χ0) is 13.1. The van der Waals surface area contributed by atoms with Gasteiger partial charge in [-0.3, -0.25) is 4.79 Å². The number of rotatable bonds is 3. The van der Waals surface area contributed by atoms with E-state index in [1.165, 1.54) is 12.1 Å². The summed E-state index contributed by atoms with van der Waals surface area (Å²) in [5, 5.41) is 2.93. The molecule has 0 aliphatic carbocycles. The first-order chi connectivity index (χ1) is 8.60. The fraction of sp³-hybridized carbons (Fsp3) is 0.154. The molecule has 0 aliphatic rings. The average Bonchev–Trinajstić information content (AvgIpc) is 2.78. The highest BCUT2D eigenvalue weighted by molar-refractivity contribution is 6.29. The van der Waals surface area contributed by atoms with Gasteiger partial charge in [0.1, 0.15) is 5.75 Å². The molecule has 0 atom stereocenters. The highest BCUT2D eigenvalue weighted by Gasteiger charge is 2.12. The number of nitrogens with one attached hydrogen (secondary N) is 1. The lowest BCUT2D eigenvalue weighted by atomic mass is 10.2. The van der Waals surface area contributed by atoms with Crippen LogP contribution in [-0.2, 0) is 0 Å². The Morgan fingerprint density at radius 2 is 2.11 bits per heavy atom. The zero-order valence-electron chi connectivity index (χ0n) is 9.99. The Morgan fingerprint density at radius 1 is 1.33 bits per heavy atom. The molecule has 0 aliphatic heterocycles. The number of amides is 1. The number of halogens is 1. The van der Waals surface area contributed by atoms with E-state index in [9.17, 15) is 4.79 Å². The van der Waals surface area contributed by atoms with Crippen molar-refractivity contribution in [3.63, 3.8) is 0 Å². The van der Waals surface area contributed by atoms with E-state index in [1.54, 1.807) is 19.2 Å². The first kappa shape index (κ1) is 12.5. The van der Waals surface area contributed by atoms with Crippen LogP contribution in [0.1, 0.15) is 16.1 Å². The molecule has 18 heavy (non-hydrogen) atoms. The van der Waals surface area contributed by atoms with Crippen LogP contribution in [0, 0.1) is 6.92 Å². The maximum atomic E-state index is 11.8. The molecule has 0 fully saturated rings. The van der Waals surface area contributed by atoms with Crippen molar-refractivity contribution in [1.29, 1.82) is 0 Å². The number of furan rings is 1. The van der Waals surface area contributed by atoms with Crippen LogP contribution < -0.4 is 10.1 Å². The van der Waals surface area contributed by atoms with Gasteiger partial charge in [-0.1, -0.05) is 0 Å². The van der Waals surface area contributed by atoms with Crippen molar-refractivity contribution in [3.8, 4) is 5.75 Å². The molecule has 4 nitrogen and oxygen atoms in total. The summed E-state index contributed by atoms with van der Waals surface area (Å²) in [6.45, 7) is 1.88. The minimum absolute atomic E-state index is 0.176. The zero-order valence-corrected chi connectivity index (χ0v) is 10.7. The quantitative estimate of drug-likeness (QED) is 0.924. The minimum atomic E-state index is -0.338. The van der Waals surface area contributed by atoms with Crippen molar-refractivity contribution in [1.82, 2.24) is 0 Å². The van der Waals surface area contributed by atoms with Crippen LogP contribution in [0.15, 0.2) is 34.7 Å². The molecule has 5 heteroatoms. The second kappa shape index (κ2) is 5.14. The molecule has 1 aromatic carbocycles. The average molecular weight is 266 g/mol. The Morgan fingerprint density at radius 3 is 2.67 bits per heavy atom. The van der Waals surface area contributed by atoms with Gasteiger partial charge in [0.2, 0.25) is 0 Å². The minimum Gasteiger partial charge on any atom is -0.497 e. The van der Waals surface area contributed by atoms with Gasteiger partial charge in [-0.25, -0.2) is 0 Å². The van der Waals surface area contributed by atoms with Crippen molar-refractivity contribution < 1.29 is 13.9 Å². The summed E-state index contributed by atoms with van der Waals surface area (Å²) in [6.07, 6.45) is 0. The molecular weight excluding hydrogens is 254 g/mol. The highest BCUT2D eigenvalue weighted by Crippen LogP contribution is 2.22. The maximum Gasteiger partial charge on any atom is 0.291 e. The molecule has 1 amide bonds. The molecule has 2 aromatic rings. The van der Waals surface area contributed by atoms with Gasteiger partial charge in [0.15, 0.2) is 11.0 Å². The summed E-state index contributed by atoms with van der Waals surface area (Å²) >= 11 is 5.62. The summed E-state index contributed by atoms with van der Waals surface area (Å²) in [5.41, 5.74) is 1.61. The van der Waals surface area contributed by atoms with E-state index in [2.05, 4.69) is 5.32 Å². The maximum absolute atomic E-state index is 11.8. The molecule has 0 saturated carbocycles. The molecule has 0 saturated heterocycles. The van der Waals surface area contributed by atoms with E-state index in [4.69, 9.17) is 20.8 Å². The van der Waals surface area contributed by atoms with E-state index in [-0.39, 0.29) is 16.9 Å². The fourth-order valence-electron chi connectivity index (χ4n) is 1.52. The summed E-state index contributed by atoms with van der Waals surface area (Å²) in [4.78, 5) is 11.8. The molecule has 1 N–H and O–H groups in total. The number of ether oxygens (including phenoxy) is 1. The predicted octanol–water partition coefficient (Wildman–Crippen LogP) is 3.50. The van der Waals surface area contributed by atoms with E-state index < -0.39 is 0 Å². The molecule has 0 radical (unpaired) electrons. The van der Waals surface area contributed by atoms with Crippen LogP contribution in [0.5, 0.6) is 5.75 Å². The van der Waals surface area contributed by atoms with Gasteiger partial charge in [0.25, 0.3) is 5.91 Å². The third-order valence-electron chi connectivity index (χ3n) is 2.48. The van der Waals surface area contributed by atoms with Gasteiger partial charge in [-0.2, -0.15) is 0 Å².